The first kappa shape index (κ1) is 16.6. The molecule has 1 amide bonds. The molecule has 0 bridgehead atoms. The lowest BCUT2D eigenvalue weighted by atomic mass is 10.3. The third-order valence-electron chi connectivity index (χ3n) is 2.68. The fourth-order valence-electron chi connectivity index (χ4n) is 1.51. The van der Waals surface area contributed by atoms with Crippen LogP contribution in [0.2, 0.25) is 0 Å². The van der Waals surface area contributed by atoms with E-state index in [1.807, 2.05) is 6.92 Å². The first-order chi connectivity index (χ1) is 9.36. The molecular formula is C13H19FN2O3S. The molecule has 0 spiro atoms. The van der Waals surface area contributed by atoms with Crippen LogP contribution in [0.3, 0.4) is 0 Å². The monoisotopic (exact) mass is 302 g/mol. The lowest BCUT2D eigenvalue weighted by molar-refractivity contribution is -0.122. The van der Waals surface area contributed by atoms with Crippen LogP contribution in [0.1, 0.15) is 26.7 Å². The van der Waals surface area contributed by atoms with Gasteiger partial charge in [0.15, 0.2) is 0 Å². The van der Waals surface area contributed by atoms with Crippen molar-refractivity contribution in [2.75, 3.05) is 6.54 Å². The number of nitrogens with one attached hydrogen (secondary N) is 2. The summed E-state index contributed by atoms with van der Waals surface area (Å²) in [6.45, 7) is 3.97. The van der Waals surface area contributed by atoms with Crippen LogP contribution in [-0.4, -0.2) is 26.9 Å². The predicted molar refractivity (Wildman–Crippen MR) is 74.1 cm³/mol. The number of rotatable bonds is 7. The molecule has 0 heterocycles. The molecule has 1 aromatic rings. The van der Waals surface area contributed by atoms with Gasteiger partial charge >= 0.3 is 0 Å². The molecule has 0 aliphatic heterocycles. The Balaban J connectivity index is 2.66. The van der Waals surface area contributed by atoms with E-state index in [1.165, 1.54) is 6.92 Å². The van der Waals surface area contributed by atoms with Crippen molar-refractivity contribution in [2.45, 2.75) is 37.6 Å². The average Bonchev–Trinajstić information content (AvgIpc) is 2.38. The Morgan fingerprint density at radius 1 is 1.30 bits per heavy atom. The molecule has 0 aliphatic carbocycles. The fraction of sp³-hybridized carbons (Fsp3) is 0.462. The average molecular weight is 302 g/mol. The molecule has 0 saturated carbocycles. The highest BCUT2D eigenvalue weighted by Gasteiger charge is 2.21. The molecule has 2 N–H and O–H groups in total. The minimum atomic E-state index is -3.83. The number of carbonyl (C=O) groups excluding carboxylic acids is 1. The van der Waals surface area contributed by atoms with Gasteiger partial charge in [0.1, 0.15) is 5.82 Å². The van der Waals surface area contributed by atoms with E-state index in [4.69, 9.17) is 0 Å². The zero-order chi connectivity index (χ0) is 15.2. The number of benzene rings is 1. The summed E-state index contributed by atoms with van der Waals surface area (Å²) >= 11 is 0. The Morgan fingerprint density at radius 2 is 1.90 bits per heavy atom. The molecule has 0 aliphatic rings. The van der Waals surface area contributed by atoms with Gasteiger partial charge in [-0.25, -0.2) is 12.8 Å². The Morgan fingerprint density at radius 3 is 2.45 bits per heavy atom. The number of carbonyl (C=O) groups is 1. The van der Waals surface area contributed by atoms with Gasteiger partial charge in [-0.15, -0.1) is 0 Å². The van der Waals surface area contributed by atoms with Crippen LogP contribution in [0, 0.1) is 5.82 Å². The number of sulfonamides is 1. The zero-order valence-electron chi connectivity index (χ0n) is 11.5. The molecule has 20 heavy (non-hydrogen) atoms. The van der Waals surface area contributed by atoms with Gasteiger partial charge in [0, 0.05) is 6.54 Å². The minimum absolute atomic E-state index is 0.0768. The maximum absolute atomic E-state index is 12.8. The van der Waals surface area contributed by atoms with Crippen LogP contribution in [0.25, 0.3) is 0 Å². The molecular weight excluding hydrogens is 283 g/mol. The number of amides is 1. The highest BCUT2D eigenvalue weighted by Crippen LogP contribution is 2.10. The minimum Gasteiger partial charge on any atom is -0.355 e. The van der Waals surface area contributed by atoms with E-state index in [0.717, 1.165) is 37.1 Å². The van der Waals surface area contributed by atoms with Crippen molar-refractivity contribution < 1.29 is 17.6 Å². The van der Waals surface area contributed by atoms with E-state index < -0.39 is 21.9 Å². The van der Waals surface area contributed by atoms with Crippen molar-refractivity contribution in [1.82, 2.24) is 10.0 Å². The van der Waals surface area contributed by atoms with Crippen molar-refractivity contribution in [2.24, 2.45) is 0 Å². The Kier molecular flexibility index (Phi) is 6.09. The Bertz CT molecular complexity index is 543. The molecule has 0 saturated heterocycles. The molecule has 0 fully saturated rings. The Hall–Kier alpha value is -1.47. The normalized spacial score (nSPS) is 12.9. The van der Waals surface area contributed by atoms with Gasteiger partial charge in [0.2, 0.25) is 15.9 Å². The van der Waals surface area contributed by atoms with Crippen LogP contribution in [0.4, 0.5) is 4.39 Å². The molecule has 1 atom stereocenters. The first-order valence-electron chi connectivity index (χ1n) is 6.42. The van der Waals surface area contributed by atoms with E-state index in [0.29, 0.717) is 6.54 Å². The topological polar surface area (TPSA) is 75.3 Å². The van der Waals surface area contributed by atoms with E-state index in [-0.39, 0.29) is 10.8 Å². The maximum atomic E-state index is 12.8. The summed E-state index contributed by atoms with van der Waals surface area (Å²) in [5.74, 6) is -0.904. The third kappa shape index (κ3) is 4.90. The quantitative estimate of drug-likeness (QED) is 0.748. The predicted octanol–water partition coefficient (Wildman–Crippen LogP) is 1.41. The second kappa shape index (κ2) is 7.35. The lowest BCUT2D eigenvalue weighted by Gasteiger charge is -2.14. The zero-order valence-corrected chi connectivity index (χ0v) is 12.3. The molecule has 112 valence electrons. The van der Waals surface area contributed by atoms with Crippen LogP contribution in [0.5, 0.6) is 0 Å². The number of unbranched alkanes of at least 4 members (excludes halogenated alkanes) is 1. The number of hydrogen-bond donors (Lipinski definition) is 2. The smallest absolute Gasteiger partial charge is 0.241 e. The summed E-state index contributed by atoms with van der Waals surface area (Å²) in [5.41, 5.74) is 0. The maximum Gasteiger partial charge on any atom is 0.241 e. The fourth-order valence-corrected chi connectivity index (χ4v) is 2.71. The van der Waals surface area contributed by atoms with E-state index in [1.54, 1.807) is 0 Å². The van der Waals surface area contributed by atoms with Crippen molar-refractivity contribution in [1.29, 1.82) is 0 Å². The van der Waals surface area contributed by atoms with Crippen LogP contribution < -0.4 is 10.0 Å². The summed E-state index contributed by atoms with van der Waals surface area (Å²) in [7, 11) is -3.83. The highest BCUT2D eigenvalue weighted by molar-refractivity contribution is 7.89. The van der Waals surface area contributed by atoms with Crippen molar-refractivity contribution in [3.05, 3.63) is 30.1 Å². The molecule has 1 aromatic carbocycles. The van der Waals surface area contributed by atoms with E-state index >= 15 is 0 Å². The highest BCUT2D eigenvalue weighted by atomic mass is 32.2. The summed E-state index contributed by atoms with van der Waals surface area (Å²) in [5, 5.41) is 2.64. The van der Waals surface area contributed by atoms with Crippen molar-refractivity contribution >= 4 is 15.9 Å². The molecule has 0 radical (unpaired) electrons. The second-order valence-corrected chi connectivity index (χ2v) is 6.16. The lowest BCUT2D eigenvalue weighted by Crippen LogP contribution is -2.44. The Labute approximate surface area is 118 Å². The summed E-state index contributed by atoms with van der Waals surface area (Å²) in [4.78, 5) is 11.6. The van der Waals surface area contributed by atoms with Gasteiger partial charge in [-0.05, 0) is 37.6 Å². The van der Waals surface area contributed by atoms with Gasteiger partial charge in [0.05, 0.1) is 10.9 Å². The standard InChI is InChI=1S/C13H19FN2O3S/c1-3-4-9-15-13(17)10(2)16-20(18,19)12-7-5-11(14)6-8-12/h5-8,10,16H,3-4,9H2,1-2H3,(H,15,17)/t10-/m1/s1. The van der Waals surface area contributed by atoms with Gasteiger partial charge in [0.25, 0.3) is 0 Å². The van der Waals surface area contributed by atoms with Crippen LogP contribution >= 0.6 is 0 Å². The number of halogens is 1. The summed E-state index contributed by atoms with van der Waals surface area (Å²) in [6, 6.07) is 3.53. The largest absolute Gasteiger partial charge is 0.355 e. The summed E-state index contributed by atoms with van der Waals surface area (Å²) in [6.07, 6.45) is 1.78. The van der Waals surface area contributed by atoms with Crippen LogP contribution in [0.15, 0.2) is 29.2 Å². The van der Waals surface area contributed by atoms with Gasteiger partial charge in [-0.1, -0.05) is 13.3 Å². The summed E-state index contributed by atoms with van der Waals surface area (Å²) < 4.78 is 39.0. The molecule has 0 unspecified atom stereocenters. The van der Waals surface area contributed by atoms with Gasteiger partial charge in [-0.3, -0.25) is 4.79 Å². The third-order valence-corrected chi connectivity index (χ3v) is 4.24. The van der Waals surface area contributed by atoms with Crippen molar-refractivity contribution in [3.63, 3.8) is 0 Å². The van der Waals surface area contributed by atoms with E-state index in [2.05, 4.69) is 10.0 Å². The van der Waals surface area contributed by atoms with Gasteiger partial charge < -0.3 is 5.32 Å². The van der Waals surface area contributed by atoms with Crippen molar-refractivity contribution in [3.8, 4) is 0 Å². The molecule has 1 rings (SSSR count). The second-order valence-electron chi connectivity index (χ2n) is 4.44. The first-order valence-corrected chi connectivity index (χ1v) is 7.90. The van der Waals surface area contributed by atoms with Crippen LogP contribution in [-0.2, 0) is 14.8 Å². The van der Waals surface area contributed by atoms with E-state index in [9.17, 15) is 17.6 Å². The number of hydrogen-bond acceptors (Lipinski definition) is 3. The molecule has 0 aromatic heterocycles. The SMILES string of the molecule is CCCCNC(=O)[C@@H](C)NS(=O)(=O)c1ccc(F)cc1. The molecule has 7 heteroatoms. The van der Waals surface area contributed by atoms with Gasteiger partial charge in [-0.2, -0.15) is 4.72 Å². The molecule has 5 nitrogen and oxygen atoms in total.